The molecule has 0 aromatic heterocycles. The van der Waals surface area contributed by atoms with Crippen LogP contribution in [0.1, 0.15) is 38.5 Å². The molecule has 0 aromatic rings. The van der Waals surface area contributed by atoms with Crippen molar-refractivity contribution in [2.45, 2.75) is 50.7 Å². The maximum atomic E-state index is 9.36. The van der Waals surface area contributed by atoms with Crippen molar-refractivity contribution in [3.8, 4) is 0 Å². The predicted molar refractivity (Wildman–Crippen MR) is 41.7 cm³/mol. The van der Waals surface area contributed by atoms with Crippen molar-refractivity contribution in [3.63, 3.8) is 0 Å². The molecule has 0 unspecified atom stereocenters. The Balaban J connectivity index is 2.28. The first kappa shape index (κ1) is 8.02. The second-order valence-corrected chi connectivity index (χ2v) is 3.22. The highest BCUT2D eigenvalue weighted by atomic mass is 16.3. The van der Waals surface area contributed by atoms with Crippen molar-refractivity contribution in [1.29, 1.82) is 0 Å². The Kier molecular flexibility index (Phi) is 3.16. The Morgan fingerprint density at radius 1 is 1.00 bits per heavy atom. The van der Waals surface area contributed by atoms with Gasteiger partial charge in [-0.05, 0) is 12.8 Å². The average molecular weight is 143 g/mol. The summed E-state index contributed by atoms with van der Waals surface area (Å²) in [4.78, 5) is 0. The van der Waals surface area contributed by atoms with Gasteiger partial charge in [-0.15, -0.1) is 0 Å². The van der Waals surface area contributed by atoms with Crippen molar-refractivity contribution in [2.75, 3.05) is 0 Å². The Labute approximate surface area is 62.4 Å². The summed E-state index contributed by atoms with van der Waals surface area (Å²) < 4.78 is 0. The summed E-state index contributed by atoms with van der Waals surface area (Å²) in [6, 6.07) is 0.0419. The normalized spacial score (nSPS) is 36.6. The number of rotatable bonds is 0. The molecule has 2 atom stereocenters. The largest absolute Gasteiger partial charge is 0.392 e. The second kappa shape index (κ2) is 3.94. The molecule has 60 valence electrons. The third kappa shape index (κ3) is 2.27. The maximum absolute atomic E-state index is 9.36. The van der Waals surface area contributed by atoms with Crippen LogP contribution in [0.15, 0.2) is 0 Å². The molecule has 1 aliphatic carbocycles. The Morgan fingerprint density at radius 3 is 2.30 bits per heavy atom. The number of hydrogen-bond donors (Lipinski definition) is 2. The van der Waals surface area contributed by atoms with Gasteiger partial charge in [-0.1, -0.05) is 25.7 Å². The van der Waals surface area contributed by atoms with E-state index in [0.717, 1.165) is 19.3 Å². The summed E-state index contributed by atoms with van der Waals surface area (Å²) >= 11 is 0. The SMILES string of the molecule is N[C@@H]1CCCCCC[C@H]1O. The molecule has 1 fully saturated rings. The van der Waals surface area contributed by atoms with Gasteiger partial charge in [-0.25, -0.2) is 0 Å². The van der Waals surface area contributed by atoms with E-state index < -0.39 is 0 Å². The number of nitrogens with two attached hydrogens (primary N) is 1. The van der Waals surface area contributed by atoms with Gasteiger partial charge in [0.1, 0.15) is 0 Å². The van der Waals surface area contributed by atoms with Gasteiger partial charge in [0.05, 0.1) is 6.10 Å². The van der Waals surface area contributed by atoms with Gasteiger partial charge < -0.3 is 10.8 Å². The van der Waals surface area contributed by atoms with E-state index >= 15 is 0 Å². The van der Waals surface area contributed by atoms with E-state index in [-0.39, 0.29) is 12.1 Å². The quantitative estimate of drug-likeness (QED) is 0.532. The Bertz CT molecular complexity index is 83.3. The van der Waals surface area contributed by atoms with Crippen LogP contribution in [0.4, 0.5) is 0 Å². The number of aliphatic hydroxyl groups is 1. The molecule has 0 spiro atoms. The molecule has 0 bridgehead atoms. The molecule has 0 saturated heterocycles. The zero-order valence-electron chi connectivity index (χ0n) is 6.42. The van der Waals surface area contributed by atoms with Gasteiger partial charge in [-0.3, -0.25) is 0 Å². The molecule has 1 saturated carbocycles. The lowest BCUT2D eigenvalue weighted by atomic mass is 9.95. The summed E-state index contributed by atoms with van der Waals surface area (Å²) in [6.07, 6.45) is 6.57. The number of hydrogen-bond acceptors (Lipinski definition) is 2. The minimum Gasteiger partial charge on any atom is -0.392 e. The molecule has 0 aliphatic heterocycles. The third-order valence-electron chi connectivity index (χ3n) is 2.28. The smallest absolute Gasteiger partial charge is 0.0691 e. The molecule has 0 radical (unpaired) electrons. The lowest BCUT2D eigenvalue weighted by molar-refractivity contribution is 0.121. The monoisotopic (exact) mass is 143 g/mol. The van der Waals surface area contributed by atoms with Gasteiger partial charge in [0, 0.05) is 6.04 Å². The van der Waals surface area contributed by atoms with E-state index in [1.54, 1.807) is 0 Å². The van der Waals surface area contributed by atoms with Crippen LogP contribution < -0.4 is 5.73 Å². The van der Waals surface area contributed by atoms with E-state index in [9.17, 15) is 5.11 Å². The maximum Gasteiger partial charge on any atom is 0.0691 e. The first-order chi connectivity index (χ1) is 4.80. The van der Waals surface area contributed by atoms with Crippen molar-refractivity contribution < 1.29 is 5.11 Å². The van der Waals surface area contributed by atoms with E-state index in [1.165, 1.54) is 19.3 Å². The molecular weight excluding hydrogens is 126 g/mol. The fraction of sp³-hybridized carbons (Fsp3) is 1.00. The third-order valence-corrected chi connectivity index (χ3v) is 2.28. The van der Waals surface area contributed by atoms with Crippen LogP contribution in [0.3, 0.4) is 0 Å². The van der Waals surface area contributed by atoms with Crippen LogP contribution in [0.25, 0.3) is 0 Å². The molecule has 2 heteroatoms. The predicted octanol–water partition coefficient (Wildman–Crippen LogP) is 1.03. The van der Waals surface area contributed by atoms with Gasteiger partial charge in [0.25, 0.3) is 0 Å². The number of aliphatic hydroxyl groups excluding tert-OH is 1. The van der Waals surface area contributed by atoms with Gasteiger partial charge >= 0.3 is 0 Å². The van der Waals surface area contributed by atoms with Crippen LogP contribution in [-0.4, -0.2) is 17.3 Å². The zero-order valence-corrected chi connectivity index (χ0v) is 6.42. The highest BCUT2D eigenvalue weighted by Gasteiger charge is 2.15. The second-order valence-electron chi connectivity index (χ2n) is 3.22. The van der Waals surface area contributed by atoms with Crippen LogP contribution >= 0.6 is 0 Å². The summed E-state index contributed by atoms with van der Waals surface area (Å²) in [5, 5.41) is 9.36. The van der Waals surface area contributed by atoms with Crippen LogP contribution in [0.5, 0.6) is 0 Å². The lowest BCUT2D eigenvalue weighted by Gasteiger charge is -2.21. The molecule has 2 nitrogen and oxygen atoms in total. The van der Waals surface area contributed by atoms with E-state index in [0.29, 0.717) is 0 Å². The fourth-order valence-electron chi connectivity index (χ4n) is 1.49. The molecule has 3 N–H and O–H groups in total. The van der Waals surface area contributed by atoms with E-state index in [1.807, 2.05) is 0 Å². The van der Waals surface area contributed by atoms with Crippen LogP contribution in [0, 0.1) is 0 Å². The van der Waals surface area contributed by atoms with Crippen molar-refractivity contribution in [2.24, 2.45) is 5.73 Å². The minimum absolute atomic E-state index is 0.0419. The summed E-state index contributed by atoms with van der Waals surface area (Å²) in [7, 11) is 0. The highest BCUT2D eigenvalue weighted by Crippen LogP contribution is 2.15. The van der Waals surface area contributed by atoms with Crippen molar-refractivity contribution in [3.05, 3.63) is 0 Å². The molecule has 0 heterocycles. The highest BCUT2D eigenvalue weighted by molar-refractivity contribution is 4.73. The topological polar surface area (TPSA) is 46.2 Å². The van der Waals surface area contributed by atoms with Gasteiger partial charge in [0.15, 0.2) is 0 Å². The minimum atomic E-state index is -0.236. The van der Waals surface area contributed by atoms with Crippen molar-refractivity contribution in [1.82, 2.24) is 0 Å². The molecule has 1 rings (SSSR count). The Morgan fingerprint density at radius 2 is 1.60 bits per heavy atom. The summed E-state index contributed by atoms with van der Waals surface area (Å²) in [5.41, 5.74) is 5.70. The molecule has 1 aliphatic rings. The Hall–Kier alpha value is -0.0800. The van der Waals surface area contributed by atoms with Crippen LogP contribution in [0.2, 0.25) is 0 Å². The van der Waals surface area contributed by atoms with Gasteiger partial charge in [0.2, 0.25) is 0 Å². The standard InChI is InChI=1S/C8H17NO/c9-7-5-3-1-2-4-6-8(7)10/h7-8,10H,1-6,9H2/t7-,8-/m1/s1. The molecule has 0 aromatic carbocycles. The molecular formula is C8H17NO. The first-order valence-corrected chi connectivity index (χ1v) is 4.24. The molecule has 0 amide bonds. The van der Waals surface area contributed by atoms with Gasteiger partial charge in [-0.2, -0.15) is 0 Å². The first-order valence-electron chi connectivity index (χ1n) is 4.24. The zero-order chi connectivity index (χ0) is 7.40. The lowest BCUT2D eigenvalue weighted by Crippen LogP contribution is -2.35. The summed E-state index contributed by atoms with van der Waals surface area (Å²) in [5.74, 6) is 0. The average Bonchev–Trinajstić information content (AvgIpc) is 1.92. The molecule has 10 heavy (non-hydrogen) atoms. The van der Waals surface area contributed by atoms with Crippen LogP contribution in [-0.2, 0) is 0 Å². The van der Waals surface area contributed by atoms with E-state index in [2.05, 4.69) is 0 Å². The van der Waals surface area contributed by atoms with Crippen molar-refractivity contribution >= 4 is 0 Å². The van der Waals surface area contributed by atoms with E-state index in [4.69, 9.17) is 5.73 Å². The summed E-state index contributed by atoms with van der Waals surface area (Å²) in [6.45, 7) is 0. The fourth-order valence-corrected chi connectivity index (χ4v) is 1.49.